The Hall–Kier alpha value is -2.10. The van der Waals surface area contributed by atoms with Crippen LogP contribution in [-0.4, -0.2) is 0 Å². The number of hydrogen-bond donors (Lipinski definition) is 1. The second-order valence-electron chi connectivity index (χ2n) is 4.73. The van der Waals surface area contributed by atoms with Crippen molar-refractivity contribution < 1.29 is 0 Å². The highest BCUT2D eigenvalue weighted by Gasteiger charge is 2.28. The van der Waals surface area contributed by atoms with Crippen LogP contribution in [0.25, 0.3) is 0 Å². The molecular weight excluding hydrogens is 228 g/mol. The lowest BCUT2D eigenvalue weighted by molar-refractivity contribution is 0.869. The molecule has 0 aromatic heterocycles. The molecule has 1 heterocycles. The Bertz CT molecular complexity index is 696. The molecule has 0 saturated carbocycles. The second-order valence-corrected chi connectivity index (χ2v) is 4.73. The third kappa shape index (κ3) is 1.38. The van der Waals surface area contributed by atoms with E-state index in [2.05, 4.69) is 25.1 Å². The van der Waals surface area contributed by atoms with Gasteiger partial charge in [0.2, 0.25) is 0 Å². The van der Waals surface area contributed by atoms with Gasteiger partial charge in [-0.2, -0.15) is 0 Å². The molecule has 2 N–H and O–H groups in total. The summed E-state index contributed by atoms with van der Waals surface area (Å²) in [6.45, 7) is 3.44. The fraction of sp³-hybridized carbons (Fsp3) is 0.286. The summed E-state index contributed by atoms with van der Waals surface area (Å²) in [6, 6.07) is 6.36. The van der Waals surface area contributed by atoms with Crippen molar-refractivity contribution in [2.75, 3.05) is 10.6 Å². The van der Waals surface area contributed by atoms with Gasteiger partial charge in [0.15, 0.2) is 0 Å². The summed E-state index contributed by atoms with van der Waals surface area (Å²) in [5.74, 6) is 0. The fourth-order valence-corrected chi connectivity index (χ4v) is 2.54. The van der Waals surface area contributed by atoms with Crippen molar-refractivity contribution in [1.82, 2.24) is 0 Å². The lowest BCUT2D eigenvalue weighted by atomic mass is 10.1. The maximum absolute atomic E-state index is 11.5. The lowest BCUT2D eigenvalue weighted by Gasteiger charge is -2.19. The third-order valence-electron chi connectivity index (χ3n) is 3.64. The Morgan fingerprint density at radius 1 is 1.17 bits per heavy atom. The van der Waals surface area contributed by atoms with Crippen LogP contribution in [0.2, 0.25) is 0 Å². The number of anilines is 2. The first kappa shape index (κ1) is 11.0. The molecule has 18 heavy (non-hydrogen) atoms. The minimum absolute atomic E-state index is 0.114. The van der Waals surface area contributed by atoms with Gasteiger partial charge in [-0.1, -0.05) is 25.1 Å². The smallest absolute Gasteiger partial charge is 0.253 e. The Morgan fingerprint density at radius 3 is 2.56 bits per heavy atom. The number of benzene rings is 1. The van der Waals surface area contributed by atoms with Crippen LogP contribution < -0.4 is 21.5 Å². The number of nitrogens with zero attached hydrogens (tertiary/aromatic N) is 1. The molecule has 4 nitrogen and oxygen atoms in total. The largest absolute Gasteiger partial charge is 0.394 e. The topological polar surface area (TPSA) is 63.4 Å². The molecule has 0 aliphatic carbocycles. The molecule has 0 fully saturated rings. The van der Waals surface area contributed by atoms with Crippen molar-refractivity contribution >= 4 is 11.4 Å². The standard InChI is InChI=1S/C14H14N2O2/c1-2-8-3-4-9-6-16(7-10(9)5-8)12-11(15)13(17)14(12)18/h3-5H,2,6-7,15H2,1H3. The van der Waals surface area contributed by atoms with Crippen molar-refractivity contribution in [3.63, 3.8) is 0 Å². The normalized spacial score (nSPS) is 14.2. The summed E-state index contributed by atoms with van der Waals surface area (Å²) in [6.07, 6.45) is 0.996. The Morgan fingerprint density at radius 2 is 1.89 bits per heavy atom. The lowest BCUT2D eigenvalue weighted by Crippen LogP contribution is -2.40. The van der Waals surface area contributed by atoms with Crippen molar-refractivity contribution in [3.8, 4) is 0 Å². The number of fused-ring (bicyclic) bond motifs is 1. The summed E-state index contributed by atoms with van der Waals surface area (Å²) in [5, 5.41) is 0. The molecule has 0 atom stereocenters. The van der Waals surface area contributed by atoms with Gasteiger partial charge in [0.25, 0.3) is 10.9 Å². The van der Waals surface area contributed by atoms with Gasteiger partial charge in [-0.05, 0) is 23.1 Å². The summed E-state index contributed by atoms with van der Waals surface area (Å²) < 4.78 is 0. The molecular formula is C14H14N2O2. The first-order chi connectivity index (χ1) is 8.61. The van der Waals surface area contributed by atoms with Crippen LogP contribution >= 0.6 is 0 Å². The first-order valence-electron chi connectivity index (χ1n) is 6.06. The molecule has 0 amide bonds. The predicted octanol–water partition coefficient (Wildman–Crippen LogP) is 0.947. The molecule has 92 valence electrons. The van der Waals surface area contributed by atoms with E-state index in [-0.39, 0.29) is 5.69 Å². The Kier molecular flexibility index (Phi) is 2.26. The van der Waals surface area contributed by atoms with Crippen molar-refractivity contribution in [2.24, 2.45) is 0 Å². The number of aryl methyl sites for hydroxylation is 1. The van der Waals surface area contributed by atoms with Crippen LogP contribution in [0.15, 0.2) is 27.8 Å². The highest BCUT2D eigenvalue weighted by molar-refractivity contribution is 5.73. The number of nitrogen functional groups attached to an aromatic ring is 1. The quantitative estimate of drug-likeness (QED) is 0.796. The summed E-state index contributed by atoms with van der Waals surface area (Å²) in [4.78, 5) is 24.5. The number of hydrogen-bond acceptors (Lipinski definition) is 4. The van der Waals surface area contributed by atoms with E-state index in [1.807, 2.05) is 4.90 Å². The van der Waals surface area contributed by atoms with Crippen LogP contribution in [-0.2, 0) is 19.5 Å². The molecule has 2 aromatic rings. The van der Waals surface area contributed by atoms with Crippen LogP contribution in [0.5, 0.6) is 0 Å². The third-order valence-corrected chi connectivity index (χ3v) is 3.64. The van der Waals surface area contributed by atoms with E-state index >= 15 is 0 Å². The van der Waals surface area contributed by atoms with Gasteiger partial charge in [0.05, 0.1) is 0 Å². The van der Waals surface area contributed by atoms with Crippen molar-refractivity contribution in [3.05, 3.63) is 55.3 Å². The zero-order chi connectivity index (χ0) is 12.9. The van der Waals surface area contributed by atoms with E-state index in [4.69, 9.17) is 5.73 Å². The molecule has 1 aliphatic heterocycles. The van der Waals surface area contributed by atoms with Gasteiger partial charge in [-0.15, -0.1) is 0 Å². The van der Waals surface area contributed by atoms with E-state index in [1.54, 1.807) is 0 Å². The SMILES string of the molecule is CCc1ccc2c(c1)CN(c1c(N)c(=O)c1=O)C2. The Labute approximate surface area is 104 Å². The Balaban J connectivity index is 1.94. The van der Waals surface area contributed by atoms with Gasteiger partial charge in [-0.25, -0.2) is 0 Å². The highest BCUT2D eigenvalue weighted by atomic mass is 16.2. The number of rotatable bonds is 2. The zero-order valence-corrected chi connectivity index (χ0v) is 10.2. The van der Waals surface area contributed by atoms with E-state index < -0.39 is 10.9 Å². The average Bonchev–Trinajstić information content (AvgIpc) is 2.80. The average molecular weight is 242 g/mol. The summed E-state index contributed by atoms with van der Waals surface area (Å²) in [5.41, 5.74) is 8.83. The van der Waals surface area contributed by atoms with Crippen LogP contribution in [0.3, 0.4) is 0 Å². The zero-order valence-electron chi connectivity index (χ0n) is 10.2. The van der Waals surface area contributed by atoms with E-state index in [9.17, 15) is 9.59 Å². The maximum Gasteiger partial charge on any atom is 0.253 e. The molecule has 3 rings (SSSR count). The molecule has 0 spiro atoms. The van der Waals surface area contributed by atoms with Crippen LogP contribution in [0, 0.1) is 0 Å². The first-order valence-corrected chi connectivity index (χ1v) is 6.06. The van der Waals surface area contributed by atoms with Crippen molar-refractivity contribution in [1.29, 1.82) is 0 Å². The molecule has 4 heteroatoms. The van der Waals surface area contributed by atoms with Gasteiger partial charge < -0.3 is 10.6 Å². The molecule has 0 radical (unpaired) electrons. The van der Waals surface area contributed by atoms with Crippen LogP contribution in [0.4, 0.5) is 11.4 Å². The van der Waals surface area contributed by atoms with Gasteiger partial charge in [0.1, 0.15) is 11.4 Å². The molecule has 1 aliphatic rings. The predicted molar refractivity (Wildman–Crippen MR) is 71.5 cm³/mol. The summed E-state index contributed by atoms with van der Waals surface area (Å²) >= 11 is 0. The maximum atomic E-state index is 11.5. The summed E-state index contributed by atoms with van der Waals surface area (Å²) in [7, 11) is 0. The van der Waals surface area contributed by atoms with Gasteiger partial charge in [-0.3, -0.25) is 9.59 Å². The van der Waals surface area contributed by atoms with Gasteiger partial charge in [0, 0.05) is 13.1 Å². The van der Waals surface area contributed by atoms with Crippen LogP contribution in [0.1, 0.15) is 23.6 Å². The van der Waals surface area contributed by atoms with Gasteiger partial charge >= 0.3 is 0 Å². The fourth-order valence-electron chi connectivity index (χ4n) is 2.54. The van der Waals surface area contributed by atoms with E-state index in [0.29, 0.717) is 18.8 Å². The second kappa shape index (κ2) is 3.70. The van der Waals surface area contributed by atoms with E-state index in [1.165, 1.54) is 16.7 Å². The minimum Gasteiger partial charge on any atom is -0.394 e. The molecule has 2 aromatic carbocycles. The monoisotopic (exact) mass is 242 g/mol. The number of nitrogens with two attached hydrogens (primary N) is 1. The molecule has 0 unspecified atom stereocenters. The highest BCUT2D eigenvalue weighted by Crippen LogP contribution is 2.29. The molecule has 0 bridgehead atoms. The molecule has 0 saturated heterocycles. The minimum atomic E-state index is -0.546. The van der Waals surface area contributed by atoms with E-state index in [0.717, 1.165) is 6.42 Å². The van der Waals surface area contributed by atoms with Crippen molar-refractivity contribution in [2.45, 2.75) is 26.4 Å².